The predicted molar refractivity (Wildman–Crippen MR) is 50.6 cm³/mol. The Bertz CT molecular complexity index is 155. The first-order valence-electron chi connectivity index (χ1n) is 4.52. The van der Waals surface area contributed by atoms with Gasteiger partial charge < -0.3 is 14.8 Å². The molecule has 0 fully saturated rings. The molecule has 0 aliphatic rings. The summed E-state index contributed by atoms with van der Waals surface area (Å²) in [6.45, 7) is 4.44. The molecule has 0 aliphatic heterocycles. The number of methoxy groups -OCH3 is 1. The van der Waals surface area contributed by atoms with Gasteiger partial charge in [0.25, 0.3) is 0 Å². The van der Waals surface area contributed by atoms with Crippen molar-refractivity contribution in [3.05, 3.63) is 0 Å². The Labute approximate surface area is 79.6 Å². The number of hydrogen-bond donors (Lipinski definition) is 1. The maximum absolute atomic E-state index is 11.6. The van der Waals surface area contributed by atoms with E-state index in [1.165, 1.54) is 0 Å². The van der Waals surface area contributed by atoms with Gasteiger partial charge in [-0.05, 0) is 20.4 Å². The molecule has 13 heavy (non-hydrogen) atoms. The molecule has 0 bridgehead atoms. The zero-order chi connectivity index (χ0) is 10.3. The highest BCUT2D eigenvalue weighted by molar-refractivity contribution is 5.81. The van der Waals surface area contributed by atoms with Crippen LogP contribution in [0.25, 0.3) is 0 Å². The number of nitrogens with one attached hydrogen (secondary N) is 1. The molecule has 1 N–H and O–H groups in total. The molecule has 0 rings (SSSR count). The smallest absolute Gasteiger partial charge is 0.328 e. The van der Waals surface area contributed by atoms with E-state index in [9.17, 15) is 4.79 Å². The highest BCUT2D eigenvalue weighted by atomic mass is 16.5. The number of carbonyl (C=O) groups excluding carboxylic acids is 1. The van der Waals surface area contributed by atoms with Crippen LogP contribution in [-0.4, -0.2) is 38.9 Å². The van der Waals surface area contributed by atoms with Crippen molar-refractivity contribution >= 4 is 5.97 Å². The van der Waals surface area contributed by atoms with E-state index in [0.29, 0.717) is 19.6 Å². The van der Waals surface area contributed by atoms with Gasteiger partial charge in [0.2, 0.25) is 0 Å². The van der Waals surface area contributed by atoms with Crippen molar-refractivity contribution < 1.29 is 14.3 Å². The summed E-state index contributed by atoms with van der Waals surface area (Å²) < 4.78 is 9.95. The van der Waals surface area contributed by atoms with Gasteiger partial charge in [0.1, 0.15) is 5.54 Å². The predicted octanol–water partition coefficient (Wildman–Crippen LogP) is 0.564. The second-order valence-corrected chi connectivity index (χ2v) is 2.84. The summed E-state index contributed by atoms with van der Waals surface area (Å²) in [7, 11) is 3.31. The van der Waals surface area contributed by atoms with Crippen molar-refractivity contribution in [1.82, 2.24) is 5.32 Å². The van der Waals surface area contributed by atoms with Crippen LogP contribution >= 0.6 is 0 Å². The fourth-order valence-electron chi connectivity index (χ4n) is 1.17. The van der Waals surface area contributed by atoms with Crippen LogP contribution < -0.4 is 5.32 Å². The molecule has 0 heterocycles. The van der Waals surface area contributed by atoms with E-state index in [-0.39, 0.29) is 5.97 Å². The molecule has 4 nitrogen and oxygen atoms in total. The Morgan fingerprint density at radius 1 is 1.46 bits per heavy atom. The third kappa shape index (κ3) is 2.97. The third-order valence-electron chi connectivity index (χ3n) is 2.14. The van der Waals surface area contributed by atoms with Crippen molar-refractivity contribution in [1.29, 1.82) is 0 Å². The Kier molecular flexibility index (Phi) is 5.66. The monoisotopic (exact) mass is 189 g/mol. The van der Waals surface area contributed by atoms with Crippen LogP contribution in [0.2, 0.25) is 0 Å². The van der Waals surface area contributed by atoms with Gasteiger partial charge in [-0.2, -0.15) is 0 Å². The lowest BCUT2D eigenvalue weighted by Gasteiger charge is -2.28. The maximum atomic E-state index is 11.6. The molecule has 1 atom stereocenters. The lowest BCUT2D eigenvalue weighted by molar-refractivity contribution is -0.153. The molecule has 0 aromatic rings. The molecule has 4 heteroatoms. The van der Waals surface area contributed by atoms with Crippen molar-refractivity contribution in [3.63, 3.8) is 0 Å². The topological polar surface area (TPSA) is 47.6 Å². The van der Waals surface area contributed by atoms with Crippen LogP contribution in [0.5, 0.6) is 0 Å². The van der Waals surface area contributed by atoms with Gasteiger partial charge in [0.05, 0.1) is 13.2 Å². The van der Waals surface area contributed by atoms with E-state index in [1.54, 1.807) is 21.1 Å². The van der Waals surface area contributed by atoms with Crippen LogP contribution in [0.15, 0.2) is 0 Å². The van der Waals surface area contributed by atoms with Crippen LogP contribution in [0.4, 0.5) is 0 Å². The zero-order valence-corrected chi connectivity index (χ0v) is 8.85. The van der Waals surface area contributed by atoms with Gasteiger partial charge >= 0.3 is 5.97 Å². The number of rotatable bonds is 6. The van der Waals surface area contributed by atoms with E-state index >= 15 is 0 Å². The highest BCUT2D eigenvalue weighted by Gasteiger charge is 2.36. The molecule has 0 amide bonds. The number of esters is 1. The fourth-order valence-corrected chi connectivity index (χ4v) is 1.17. The zero-order valence-electron chi connectivity index (χ0n) is 8.85. The normalized spacial score (nSPS) is 15.1. The quantitative estimate of drug-likeness (QED) is 0.620. The van der Waals surface area contributed by atoms with Crippen LogP contribution in [0.1, 0.15) is 20.3 Å². The first-order valence-corrected chi connectivity index (χ1v) is 4.52. The summed E-state index contributed by atoms with van der Waals surface area (Å²) in [4.78, 5) is 11.6. The highest BCUT2D eigenvalue weighted by Crippen LogP contribution is 2.12. The van der Waals surface area contributed by atoms with E-state index in [1.807, 2.05) is 6.92 Å². The van der Waals surface area contributed by atoms with Gasteiger partial charge in [-0.15, -0.1) is 0 Å². The van der Waals surface area contributed by atoms with Crippen LogP contribution in [0, 0.1) is 0 Å². The Morgan fingerprint density at radius 3 is 2.38 bits per heavy atom. The summed E-state index contributed by atoms with van der Waals surface area (Å²) in [5.41, 5.74) is -0.690. The molecular formula is C9H19NO3. The van der Waals surface area contributed by atoms with Crippen LogP contribution in [0.3, 0.4) is 0 Å². The summed E-state index contributed by atoms with van der Waals surface area (Å²) in [6, 6.07) is 0. The summed E-state index contributed by atoms with van der Waals surface area (Å²) in [5.74, 6) is -0.248. The van der Waals surface area contributed by atoms with Gasteiger partial charge in [-0.25, -0.2) is 4.79 Å². The minimum atomic E-state index is -0.690. The average molecular weight is 189 g/mol. The Hall–Kier alpha value is -0.610. The van der Waals surface area contributed by atoms with Crippen LogP contribution in [-0.2, 0) is 14.3 Å². The number of likely N-dealkylation sites (N-methyl/N-ethyl adjacent to an activating group) is 1. The largest absolute Gasteiger partial charge is 0.465 e. The summed E-state index contributed by atoms with van der Waals surface area (Å²) >= 11 is 0. The SMILES string of the molecule is CCOC(=O)C(CC)(COC)NC. The number of ether oxygens (including phenoxy) is 2. The molecule has 0 saturated carbocycles. The van der Waals surface area contributed by atoms with Gasteiger partial charge in [0, 0.05) is 7.11 Å². The van der Waals surface area contributed by atoms with Crippen molar-refractivity contribution in [2.24, 2.45) is 0 Å². The van der Waals surface area contributed by atoms with E-state index in [2.05, 4.69) is 5.32 Å². The number of hydrogen-bond acceptors (Lipinski definition) is 4. The standard InChI is InChI=1S/C9H19NO3/c1-5-9(10-3,7-12-4)8(11)13-6-2/h10H,5-7H2,1-4H3. The minimum absolute atomic E-state index is 0.248. The minimum Gasteiger partial charge on any atom is -0.465 e. The molecule has 0 aromatic carbocycles. The second-order valence-electron chi connectivity index (χ2n) is 2.84. The fraction of sp³-hybridized carbons (Fsp3) is 0.889. The number of carbonyl (C=O) groups is 1. The first kappa shape index (κ1) is 12.4. The Morgan fingerprint density at radius 2 is 2.08 bits per heavy atom. The molecule has 0 aromatic heterocycles. The lowest BCUT2D eigenvalue weighted by Crippen LogP contribution is -2.54. The van der Waals surface area contributed by atoms with Crippen molar-refractivity contribution in [3.8, 4) is 0 Å². The summed E-state index contributed by atoms with van der Waals surface area (Å²) in [5, 5.41) is 2.95. The van der Waals surface area contributed by atoms with Crippen molar-refractivity contribution in [2.45, 2.75) is 25.8 Å². The molecular weight excluding hydrogens is 170 g/mol. The molecule has 0 saturated heterocycles. The summed E-state index contributed by atoms with van der Waals surface area (Å²) in [6.07, 6.45) is 0.649. The molecule has 78 valence electrons. The van der Waals surface area contributed by atoms with Gasteiger partial charge in [0.15, 0.2) is 0 Å². The first-order chi connectivity index (χ1) is 6.16. The van der Waals surface area contributed by atoms with Gasteiger partial charge in [-0.1, -0.05) is 6.92 Å². The molecule has 1 unspecified atom stereocenters. The van der Waals surface area contributed by atoms with E-state index in [0.717, 1.165) is 0 Å². The van der Waals surface area contributed by atoms with Crippen molar-refractivity contribution in [2.75, 3.05) is 27.4 Å². The Balaban J connectivity index is 4.43. The van der Waals surface area contributed by atoms with Gasteiger partial charge in [-0.3, -0.25) is 0 Å². The third-order valence-corrected chi connectivity index (χ3v) is 2.14. The second kappa shape index (κ2) is 5.94. The molecule has 0 radical (unpaired) electrons. The van der Waals surface area contributed by atoms with E-state index < -0.39 is 5.54 Å². The van der Waals surface area contributed by atoms with E-state index in [4.69, 9.17) is 9.47 Å². The average Bonchev–Trinajstić information content (AvgIpc) is 2.14. The lowest BCUT2D eigenvalue weighted by atomic mass is 9.98. The molecule has 0 aliphatic carbocycles. The molecule has 0 spiro atoms. The maximum Gasteiger partial charge on any atom is 0.328 e.